The quantitative estimate of drug-likeness (QED) is 0.231. The Morgan fingerprint density at radius 1 is 0.886 bits per heavy atom. The highest BCUT2D eigenvalue weighted by molar-refractivity contribution is 6.25. The van der Waals surface area contributed by atoms with Crippen LogP contribution in [-0.2, 0) is 7.05 Å². The van der Waals surface area contributed by atoms with Crippen molar-refractivity contribution in [2.75, 3.05) is 0 Å². The van der Waals surface area contributed by atoms with E-state index in [0.29, 0.717) is 5.41 Å². The highest BCUT2D eigenvalue weighted by Crippen LogP contribution is 2.45. The molecule has 35 heavy (non-hydrogen) atoms. The van der Waals surface area contributed by atoms with Gasteiger partial charge in [-0.2, -0.15) is 0 Å². The van der Waals surface area contributed by atoms with Crippen molar-refractivity contribution >= 4 is 38.1 Å². The number of aromatic nitrogens is 2. The second-order valence-corrected chi connectivity index (χ2v) is 11.4. The molecule has 2 nitrogen and oxygen atoms in total. The van der Waals surface area contributed by atoms with Crippen molar-refractivity contribution in [1.82, 2.24) is 4.40 Å². The van der Waals surface area contributed by atoms with Crippen LogP contribution in [0.4, 0.5) is 0 Å². The van der Waals surface area contributed by atoms with Crippen molar-refractivity contribution in [3.05, 3.63) is 84.1 Å². The summed E-state index contributed by atoms with van der Waals surface area (Å²) in [5.41, 5.74) is 9.15. The number of rotatable bonds is 2. The van der Waals surface area contributed by atoms with Gasteiger partial charge in [0.1, 0.15) is 7.05 Å². The van der Waals surface area contributed by atoms with E-state index in [1.165, 1.54) is 60.5 Å². The van der Waals surface area contributed by atoms with Crippen LogP contribution in [0.15, 0.2) is 72.9 Å². The molecule has 1 fully saturated rings. The average molecular weight is 459 g/mol. The molecule has 0 saturated heterocycles. The van der Waals surface area contributed by atoms with Gasteiger partial charge < -0.3 is 4.40 Å². The van der Waals surface area contributed by atoms with Crippen LogP contribution in [0.3, 0.4) is 0 Å². The molecule has 0 bridgehead atoms. The number of hydrogen-bond acceptors (Lipinski definition) is 0. The SMILES string of the molecule is [2H]C1(c2ccc3c(c2)c2cccc4c5c(-c6ccccc6C)[n+](C)ccc5n3c24)CCC(C)(C)CC1. The molecule has 2 heteroatoms. The molecule has 174 valence electrons. The van der Waals surface area contributed by atoms with E-state index in [2.05, 4.69) is 110 Å². The summed E-state index contributed by atoms with van der Waals surface area (Å²) in [6.45, 7) is 6.89. The lowest BCUT2D eigenvalue weighted by molar-refractivity contribution is -0.659. The Hall–Kier alpha value is -3.39. The van der Waals surface area contributed by atoms with E-state index in [1.54, 1.807) is 0 Å². The van der Waals surface area contributed by atoms with Crippen LogP contribution in [0.25, 0.3) is 49.4 Å². The Morgan fingerprint density at radius 2 is 1.66 bits per heavy atom. The Bertz CT molecular complexity index is 1800. The normalized spacial score (nSPS) is 18.1. The van der Waals surface area contributed by atoms with Gasteiger partial charge in [-0.3, -0.25) is 0 Å². The molecule has 7 rings (SSSR count). The lowest BCUT2D eigenvalue weighted by atomic mass is 9.71. The van der Waals surface area contributed by atoms with Gasteiger partial charge in [0.2, 0.25) is 5.69 Å². The maximum absolute atomic E-state index is 9.36. The van der Waals surface area contributed by atoms with Crippen LogP contribution in [0.1, 0.15) is 57.9 Å². The molecule has 0 atom stereocenters. The van der Waals surface area contributed by atoms with Crippen molar-refractivity contribution in [3.63, 3.8) is 0 Å². The number of hydrogen-bond donors (Lipinski definition) is 0. The summed E-state index contributed by atoms with van der Waals surface area (Å²) < 4.78 is 14.1. The summed E-state index contributed by atoms with van der Waals surface area (Å²) in [5.74, 6) is -0.483. The second-order valence-electron chi connectivity index (χ2n) is 11.4. The number of nitrogens with zero attached hydrogens (tertiary/aromatic N) is 2. The summed E-state index contributed by atoms with van der Waals surface area (Å²) in [6, 6.07) is 24.5. The Balaban J connectivity index is 1.52. The summed E-state index contributed by atoms with van der Waals surface area (Å²) >= 11 is 0. The Labute approximate surface area is 208 Å². The molecule has 0 unspecified atom stereocenters. The van der Waals surface area contributed by atoms with Crippen molar-refractivity contribution in [3.8, 4) is 11.3 Å². The van der Waals surface area contributed by atoms with Crippen LogP contribution >= 0.6 is 0 Å². The Kier molecular flexibility index (Phi) is 4.15. The predicted octanol–water partition coefficient (Wildman–Crippen LogP) is 8.32. The summed E-state index contributed by atoms with van der Waals surface area (Å²) in [7, 11) is 2.15. The molecule has 1 aliphatic rings. The minimum Gasteiger partial charge on any atom is -0.307 e. The third kappa shape index (κ3) is 2.99. The molecule has 3 heterocycles. The third-order valence-corrected chi connectivity index (χ3v) is 8.61. The maximum atomic E-state index is 9.36. The molecule has 0 spiro atoms. The monoisotopic (exact) mass is 458 g/mol. The highest BCUT2D eigenvalue weighted by atomic mass is 15.0. The second kappa shape index (κ2) is 7.31. The van der Waals surface area contributed by atoms with E-state index >= 15 is 0 Å². The molecule has 1 aliphatic carbocycles. The van der Waals surface area contributed by atoms with Crippen LogP contribution in [0.5, 0.6) is 0 Å². The van der Waals surface area contributed by atoms with Crippen molar-refractivity contribution in [2.45, 2.75) is 52.3 Å². The molecule has 1 saturated carbocycles. The summed E-state index contributed by atoms with van der Waals surface area (Å²) in [6.07, 6.45) is 6.31. The van der Waals surface area contributed by atoms with E-state index < -0.39 is 5.89 Å². The lowest BCUT2D eigenvalue weighted by Crippen LogP contribution is -2.30. The third-order valence-electron chi connectivity index (χ3n) is 8.61. The lowest BCUT2D eigenvalue weighted by Gasteiger charge is -2.34. The molecule has 0 amide bonds. The zero-order valence-corrected chi connectivity index (χ0v) is 21.2. The molecule has 3 aromatic heterocycles. The van der Waals surface area contributed by atoms with Gasteiger partial charge in [0.25, 0.3) is 0 Å². The number of pyridine rings is 1. The van der Waals surface area contributed by atoms with E-state index in [4.69, 9.17) is 0 Å². The topological polar surface area (TPSA) is 8.29 Å². The molecule has 3 aromatic carbocycles. The largest absolute Gasteiger partial charge is 0.307 e. The van der Waals surface area contributed by atoms with E-state index in [0.717, 1.165) is 25.7 Å². The van der Waals surface area contributed by atoms with Crippen molar-refractivity contribution < 1.29 is 5.94 Å². The van der Waals surface area contributed by atoms with Gasteiger partial charge in [-0.25, -0.2) is 4.57 Å². The van der Waals surface area contributed by atoms with Crippen LogP contribution in [-0.4, -0.2) is 4.40 Å². The van der Waals surface area contributed by atoms with E-state index in [1.807, 2.05) is 0 Å². The first-order chi connectivity index (χ1) is 17.3. The highest BCUT2D eigenvalue weighted by Gasteiger charge is 2.29. The molecule has 0 N–H and O–H groups in total. The maximum Gasteiger partial charge on any atom is 0.222 e. The van der Waals surface area contributed by atoms with Gasteiger partial charge >= 0.3 is 0 Å². The fourth-order valence-electron chi connectivity index (χ4n) is 6.51. The molecular weight excluding hydrogens is 424 g/mol. The van der Waals surface area contributed by atoms with Gasteiger partial charge in [-0.05, 0) is 73.2 Å². The van der Waals surface area contributed by atoms with Crippen molar-refractivity contribution in [1.29, 1.82) is 0 Å². The van der Waals surface area contributed by atoms with Gasteiger partial charge in [0.15, 0.2) is 6.20 Å². The predicted molar refractivity (Wildman–Crippen MR) is 147 cm³/mol. The average Bonchev–Trinajstić information content (AvgIpc) is 3.38. The van der Waals surface area contributed by atoms with E-state index in [9.17, 15) is 1.37 Å². The van der Waals surface area contributed by atoms with Crippen LogP contribution in [0.2, 0.25) is 0 Å². The first kappa shape index (κ1) is 19.9. The first-order valence-electron chi connectivity index (χ1n) is 13.4. The standard InChI is InChI=1S/C33H33N2/c1-21-8-5-6-9-24(21)32-30-26-11-7-10-25-27-20-23(22-14-17-33(2,3)18-15-22)12-13-28(27)35(31(25)26)29(30)16-19-34(32)4/h5-13,16,19-20,22H,14-15,17-18H2,1-4H3/q+1/i22D. The molecule has 0 radical (unpaired) electrons. The number of para-hydroxylation sites is 1. The van der Waals surface area contributed by atoms with Crippen molar-refractivity contribution in [2.24, 2.45) is 12.5 Å². The van der Waals surface area contributed by atoms with Gasteiger partial charge in [-0.1, -0.05) is 56.3 Å². The first-order valence-corrected chi connectivity index (χ1v) is 12.9. The molecule has 0 aliphatic heterocycles. The zero-order chi connectivity index (χ0) is 24.8. The number of aryl methyl sites for hydroxylation is 2. The van der Waals surface area contributed by atoms with Gasteiger partial charge in [0.05, 0.1) is 21.9 Å². The molecular formula is C33H33N2+. The minimum atomic E-state index is -0.483. The fourth-order valence-corrected chi connectivity index (χ4v) is 6.51. The van der Waals surface area contributed by atoms with Gasteiger partial charge in [-0.15, -0.1) is 0 Å². The number of fused-ring (bicyclic) bond motifs is 6. The van der Waals surface area contributed by atoms with Crippen LogP contribution in [0, 0.1) is 12.3 Å². The zero-order valence-electron chi connectivity index (χ0n) is 22.2. The number of benzene rings is 3. The smallest absolute Gasteiger partial charge is 0.222 e. The van der Waals surface area contributed by atoms with Crippen LogP contribution < -0.4 is 4.57 Å². The minimum absolute atomic E-state index is 0.356. The van der Waals surface area contributed by atoms with E-state index in [-0.39, 0.29) is 0 Å². The Morgan fingerprint density at radius 3 is 2.46 bits per heavy atom. The molecule has 6 aromatic rings. The fraction of sp³-hybridized carbons (Fsp3) is 0.303. The summed E-state index contributed by atoms with van der Waals surface area (Å²) in [4.78, 5) is 0. The van der Waals surface area contributed by atoms with Gasteiger partial charge in [0, 0.05) is 29.2 Å². The summed E-state index contributed by atoms with van der Waals surface area (Å²) in [5, 5.41) is 5.18.